The predicted octanol–water partition coefficient (Wildman–Crippen LogP) is 4.16. The van der Waals surface area contributed by atoms with Crippen LogP contribution in [-0.2, 0) is 9.53 Å². The number of para-hydroxylation sites is 1. The summed E-state index contributed by atoms with van der Waals surface area (Å²) in [6.07, 6.45) is 0. The van der Waals surface area contributed by atoms with Crippen LogP contribution in [-0.4, -0.2) is 52.7 Å². The van der Waals surface area contributed by atoms with Crippen LogP contribution in [0, 0.1) is 0 Å². The van der Waals surface area contributed by atoms with Crippen molar-refractivity contribution in [3.8, 4) is 5.69 Å². The van der Waals surface area contributed by atoms with Gasteiger partial charge in [0, 0.05) is 18.0 Å². The van der Waals surface area contributed by atoms with E-state index in [1.807, 2.05) is 76.7 Å². The molecule has 0 unspecified atom stereocenters. The molecule has 5 rings (SSSR count). The Morgan fingerprint density at radius 1 is 1.00 bits per heavy atom. The van der Waals surface area contributed by atoms with Crippen LogP contribution in [0.5, 0.6) is 0 Å². The summed E-state index contributed by atoms with van der Waals surface area (Å²) >= 11 is 3.03. The van der Waals surface area contributed by atoms with Gasteiger partial charge in [-0.05, 0) is 29.1 Å². The van der Waals surface area contributed by atoms with Crippen molar-refractivity contribution in [2.24, 2.45) is 0 Å². The minimum atomic E-state index is -0.176. The number of hydrogen-bond acceptors (Lipinski definition) is 7. The number of rotatable bonds is 8. The van der Waals surface area contributed by atoms with Gasteiger partial charge in [-0.2, -0.15) is 0 Å². The molecule has 1 aliphatic rings. The molecule has 1 saturated heterocycles. The molecule has 3 heterocycles. The topological polar surface area (TPSA) is 72.3 Å². The Bertz CT molecular complexity index is 1190. The molecule has 0 spiro atoms. The van der Waals surface area contributed by atoms with Gasteiger partial charge in [0.25, 0.3) is 0 Å². The van der Waals surface area contributed by atoms with Crippen LogP contribution >= 0.6 is 23.1 Å². The number of nitrogens with one attached hydrogen (secondary N) is 1. The van der Waals surface area contributed by atoms with E-state index in [1.54, 1.807) is 11.3 Å². The minimum Gasteiger partial charge on any atom is -0.378 e. The van der Waals surface area contributed by atoms with E-state index in [0.717, 1.165) is 35.2 Å². The summed E-state index contributed by atoms with van der Waals surface area (Å²) in [6.45, 7) is 2.84. The van der Waals surface area contributed by atoms with Crippen LogP contribution in [0.4, 0.5) is 5.95 Å². The lowest BCUT2D eigenvalue weighted by Crippen LogP contribution is -2.37. The van der Waals surface area contributed by atoms with Gasteiger partial charge in [-0.25, -0.2) is 0 Å². The van der Waals surface area contributed by atoms with Crippen LogP contribution in [0.15, 0.2) is 83.3 Å². The smallest absolute Gasteiger partial charge is 0.232 e. The zero-order chi connectivity index (χ0) is 23.2. The maximum absolute atomic E-state index is 13.0. The number of thioether (sulfide) groups is 1. The highest BCUT2D eigenvalue weighted by atomic mass is 32.2. The number of ether oxygens (including phenoxy) is 1. The lowest BCUT2D eigenvalue weighted by molar-refractivity contribution is -0.119. The fourth-order valence-electron chi connectivity index (χ4n) is 3.88. The number of hydrogen-bond donors (Lipinski definition) is 1. The Morgan fingerprint density at radius 2 is 1.74 bits per heavy atom. The van der Waals surface area contributed by atoms with E-state index in [9.17, 15) is 4.79 Å². The number of amides is 1. The maximum atomic E-state index is 13.0. The lowest BCUT2D eigenvalue weighted by Gasteiger charge is -2.27. The molecule has 1 fully saturated rings. The van der Waals surface area contributed by atoms with Crippen LogP contribution in [0.1, 0.15) is 16.5 Å². The number of nitrogens with zero attached hydrogens (tertiary/aromatic N) is 4. The normalized spacial score (nSPS) is 14.6. The Morgan fingerprint density at radius 3 is 2.44 bits per heavy atom. The van der Waals surface area contributed by atoms with Gasteiger partial charge in [0.05, 0.1) is 30.7 Å². The molecule has 174 valence electrons. The number of benzene rings is 2. The molecule has 2 aromatic carbocycles. The molecule has 2 aromatic heterocycles. The van der Waals surface area contributed by atoms with Crippen molar-refractivity contribution >= 4 is 35.0 Å². The minimum absolute atomic E-state index is 0.0530. The number of carbonyl (C=O) groups is 1. The SMILES string of the molecule is O=C(CSc1nnc(N2CCOCC2)n1-c1ccccc1)N[C@@H](c1ccccc1)c1cccs1. The summed E-state index contributed by atoms with van der Waals surface area (Å²) in [7, 11) is 0. The van der Waals surface area contributed by atoms with Crippen molar-refractivity contribution in [2.75, 3.05) is 37.0 Å². The van der Waals surface area contributed by atoms with Crippen LogP contribution in [0.25, 0.3) is 5.69 Å². The van der Waals surface area contributed by atoms with Gasteiger partial charge in [-0.15, -0.1) is 21.5 Å². The van der Waals surface area contributed by atoms with Crippen molar-refractivity contribution in [2.45, 2.75) is 11.2 Å². The van der Waals surface area contributed by atoms with Crippen LogP contribution in [0.2, 0.25) is 0 Å². The molecule has 0 saturated carbocycles. The number of aromatic nitrogens is 3. The molecule has 34 heavy (non-hydrogen) atoms. The third-order valence-corrected chi connectivity index (χ3v) is 7.39. The van der Waals surface area contributed by atoms with E-state index in [2.05, 4.69) is 26.5 Å². The summed E-state index contributed by atoms with van der Waals surface area (Å²) in [6, 6.07) is 23.9. The van der Waals surface area contributed by atoms with Crippen LogP contribution in [0.3, 0.4) is 0 Å². The average molecular weight is 492 g/mol. The Hall–Kier alpha value is -3.14. The predicted molar refractivity (Wildman–Crippen MR) is 136 cm³/mol. The summed E-state index contributed by atoms with van der Waals surface area (Å²) < 4.78 is 7.53. The van der Waals surface area contributed by atoms with Crippen molar-refractivity contribution in [3.63, 3.8) is 0 Å². The monoisotopic (exact) mass is 491 g/mol. The van der Waals surface area contributed by atoms with E-state index in [4.69, 9.17) is 4.74 Å². The van der Waals surface area contributed by atoms with Crippen molar-refractivity contribution in [1.82, 2.24) is 20.1 Å². The molecule has 1 atom stereocenters. The van der Waals surface area contributed by atoms with Crippen molar-refractivity contribution in [1.29, 1.82) is 0 Å². The van der Waals surface area contributed by atoms with Crippen molar-refractivity contribution < 1.29 is 9.53 Å². The Balaban J connectivity index is 1.34. The van der Waals surface area contributed by atoms with E-state index >= 15 is 0 Å². The summed E-state index contributed by atoms with van der Waals surface area (Å²) in [5.74, 6) is 0.962. The van der Waals surface area contributed by atoms with Gasteiger partial charge in [0.15, 0.2) is 5.16 Å². The average Bonchev–Trinajstić information content (AvgIpc) is 3.58. The largest absolute Gasteiger partial charge is 0.378 e. The fraction of sp³-hybridized carbons (Fsp3) is 0.240. The second-order valence-electron chi connectivity index (χ2n) is 7.77. The van der Waals surface area contributed by atoms with Gasteiger partial charge in [-0.3, -0.25) is 9.36 Å². The second kappa shape index (κ2) is 10.9. The molecule has 1 amide bonds. The number of thiophene rings is 1. The summed E-state index contributed by atoms with van der Waals surface area (Å²) in [5, 5.41) is 14.8. The van der Waals surface area contributed by atoms with Gasteiger partial charge < -0.3 is 15.0 Å². The van der Waals surface area contributed by atoms with Crippen molar-refractivity contribution in [3.05, 3.63) is 88.6 Å². The van der Waals surface area contributed by atoms with E-state index in [-0.39, 0.29) is 17.7 Å². The standard InChI is InChI=1S/C25H25N5O2S2/c31-22(26-23(21-12-7-17-33-21)19-8-3-1-4-9-19)18-34-25-28-27-24(29-13-15-32-16-14-29)30(25)20-10-5-2-6-11-20/h1-12,17,23H,13-16,18H2,(H,26,31)/t23-/m0/s1. The highest BCUT2D eigenvalue weighted by Crippen LogP contribution is 2.29. The summed E-state index contributed by atoms with van der Waals surface area (Å²) in [4.78, 5) is 16.3. The number of carbonyl (C=O) groups excluding carboxylic acids is 1. The van der Waals surface area contributed by atoms with Gasteiger partial charge in [-0.1, -0.05) is 66.4 Å². The molecule has 0 aliphatic carbocycles. The molecule has 9 heteroatoms. The first kappa shape index (κ1) is 22.6. The van der Waals surface area contributed by atoms with E-state index in [0.29, 0.717) is 18.4 Å². The molecule has 1 N–H and O–H groups in total. The van der Waals surface area contributed by atoms with E-state index in [1.165, 1.54) is 11.8 Å². The highest BCUT2D eigenvalue weighted by molar-refractivity contribution is 7.99. The first-order chi connectivity index (χ1) is 16.8. The number of anilines is 1. The molecule has 4 aromatic rings. The molecule has 0 radical (unpaired) electrons. The molecular weight excluding hydrogens is 466 g/mol. The van der Waals surface area contributed by atoms with Crippen LogP contribution < -0.4 is 10.2 Å². The highest BCUT2D eigenvalue weighted by Gasteiger charge is 2.23. The molecular formula is C25H25N5O2S2. The number of morpholine rings is 1. The zero-order valence-electron chi connectivity index (χ0n) is 18.5. The van der Waals surface area contributed by atoms with Gasteiger partial charge >= 0.3 is 0 Å². The third kappa shape index (κ3) is 5.16. The summed E-state index contributed by atoms with van der Waals surface area (Å²) in [5.41, 5.74) is 2.03. The Kier molecular flexibility index (Phi) is 7.23. The first-order valence-corrected chi connectivity index (χ1v) is 13.0. The first-order valence-electron chi connectivity index (χ1n) is 11.1. The molecule has 0 bridgehead atoms. The quantitative estimate of drug-likeness (QED) is 0.373. The lowest BCUT2D eigenvalue weighted by atomic mass is 10.1. The second-order valence-corrected chi connectivity index (χ2v) is 9.69. The van der Waals surface area contributed by atoms with Gasteiger partial charge in [0.1, 0.15) is 0 Å². The fourth-order valence-corrected chi connectivity index (χ4v) is 5.44. The molecule has 7 nitrogen and oxygen atoms in total. The molecule has 1 aliphatic heterocycles. The Labute approximate surface area is 206 Å². The third-order valence-electron chi connectivity index (χ3n) is 5.52. The maximum Gasteiger partial charge on any atom is 0.232 e. The zero-order valence-corrected chi connectivity index (χ0v) is 20.2. The van der Waals surface area contributed by atoms with E-state index < -0.39 is 0 Å². The van der Waals surface area contributed by atoms with Gasteiger partial charge in [0.2, 0.25) is 11.9 Å².